The summed E-state index contributed by atoms with van der Waals surface area (Å²) in [5.41, 5.74) is 4.00. The van der Waals surface area contributed by atoms with Gasteiger partial charge in [0.1, 0.15) is 5.82 Å². The molecule has 3 rings (SSSR count). The molecule has 0 radical (unpaired) electrons. The Kier molecular flexibility index (Phi) is 5.11. The number of halogens is 1. The van der Waals surface area contributed by atoms with Gasteiger partial charge in [0.2, 0.25) is 0 Å². The summed E-state index contributed by atoms with van der Waals surface area (Å²) in [7, 11) is 0. The second-order valence-corrected chi connectivity index (χ2v) is 7.08. The molecule has 2 aromatic rings. The summed E-state index contributed by atoms with van der Waals surface area (Å²) in [6.45, 7) is 7.88. The first-order chi connectivity index (χ1) is 12.3. The second-order valence-electron chi connectivity index (χ2n) is 7.08. The maximum Gasteiger partial charge on any atom is 0.315 e. The van der Waals surface area contributed by atoms with Crippen LogP contribution in [0.25, 0.3) is 5.69 Å². The summed E-state index contributed by atoms with van der Waals surface area (Å²) >= 11 is 0. The quantitative estimate of drug-likeness (QED) is 0.820. The minimum absolute atomic E-state index is 0.00622. The molecule has 1 heterocycles. The van der Waals surface area contributed by atoms with Crippen molar-refractivity contribution in [1.29, 1.82) is 0 Å². The Labute approximate surface area is 153 Å². The van der Waals surface area contributed by atoms with Gasteiger partial charge in [-0.3, -0.25) is 0 Å². The summed E-state index contributed by atoms with van der Waals surface area (Å²) in [5, 5.41) is 10.5. The third-order valence-electron chi connectivity index (χ3n) is 4.61. The van der Waals surface area contributed by atoms with E-state index in [1.807, 2.05) is 38.5 Å². The van der Waals surface area contributed by atoms with Crippen LogP contribution in [0, 0.1) is 19.7 Å². The molecule has 0 unspecified atom stereocenters. The van der Waals surface area contributed by atoms with Crippen molar-refractivity contribution in [2.24, 2.45) is 0 Å². The highest BCUT2D eigenvalue weighted by Crippen LogP contribution is 2.33. The SMILES string of the molecule is Cc1nn(-c2ccc(F)cc2)c(C)c1[C@H]1C=C[C@@H](NC(=O)NC(C)C)C1. The van der Waals surface area contributed by atoms with E-state index in [0.717, 1.165) is 23.5 Å². The molecule has 2 amide bonds. The monoisotopic (exact) mass is 356 g/mol. The molecule has 0 spiro atoms. The van der Waals surface area contributed by atoms with Crippen molar-refractivity contribution in [3.05, 3.63) is 59.2 Å². The van der Waals surface area contributed by atoms with E-state index in [1.54, 1.807) is 12.1 Å². The van der Waals surface area contributed by atoms with Crippen LogP contribution >= 0.6 is 0 Å². The van der Waals surface area contributed by atoms with Gasteiger partial charge in [-0.1, -0.05) is 12.2 Å². The van der Waals surface area contributed by atoms with E-state index in [1.165, 1.54) is 17.7 Å². The minimum Gasteiger partial charge on any atom is -0.336 e. The van der Waals surface area contributed by atoms with Gasteiger partial charge in [0.25, 0.3) is 0 Å². The molecule has 1 aromatic heterocycles. The Balaban J connectivity index is 1.76. The highest BCUT2D eigenvalue weighted by Gasteiger charge is 2.27. The predicted molar refractivity (Wildman–Crippen MR) is 100 cm³/mol. The Bertz CT molecular complexity index is 823. The Morgan fingerprint density at radius 2 is 1.92 bits per heavy atom. The molecule has 0 bridgehead atoms. The number of carbonyl (C=O) groups is 1. The van der Waals surface area contributed by atoms with Crippen LogP contribution in [-0.4, -0.2) is 27.9 Å². The van der Waals surface area contributed by atoms with Crippen LogP contribution in [0.15, 0.2) is 36.4 Å². The lowest BCUT2D eigenvalue weighted by atomic mass is 9.96. The molecule has 0 saturated heterocycles. The van der Waals surface area contributed by atoms with Gasteiger partial charge in [-0.25, -0.2) is 13.9 Å². The van der Waals surface area contributed by atoms with Crippen molar-refractivity contribution >= 4 is 6.03 Å². The van der Waals surface area contributed by atoms with Gasteiger partial charge in [0, 0.05) is 29.3 Å². The zero-order valence-corrected chi connectivity index (χ0v) is 15.6. The molecular weight excluding hydrogens is 331 g/mol. The molecule has 5 nitrogen and oxygen atoms in total. The minimum atomic E-state index is -0.261. The summed E-state index contributed by atoms with van der Waals surface area (Å²) in [4.78, 5) is 11.9. The molecule has 6 heteroatoms. The van der Waals surface area contributed by atoms with E-state index in [9.17, 15) is 9.18 Å². The third-order valence-corrected chi connectivity index (χ3v) is 4.61. The van der Waals surface area contributed by atoms with Crippen LogP contribution in [0.2, 0.25) is 0 Å². The number of amides is 2. The number of aryl methyl sites for hydroxylation is 1. The predicted octanol–water partition coefficient (Wildman–Crippen LogP) is 3.75. The van der Waals surface area contributed by atoms with Gasteiger partial charge in [0.05, 0.1) is 11.4 Å². The smallest absolute Gasteiger partial charge is 0.315 e. The topological polar surface area (TPSA) is 59.0 Å². The number of hydrogen-bond acceptors (Lipinski definition) is 2. The average Bonchev–Trinajstić information content (AvgIpc) is 3.11. The number of hydrogen-bond donors (Lipinski definition) is 2. The number of carbonyl (C=O) groups excluding carboxylic acids is 1. The van der Waals surface area contributed by atoms with Gasteiger partial charge in [-0.2, -0.15) is 5.10 Å². The van der Waals surface area contributed by atoms with Crippen molar-refractivity contribution in [3.8, 4) is 5.69 Å². The maximum atomic E-state index is 13.2. The molecule has 1 aliphatic rings. The largest absolute Gasteiger partial charge is 0.336 e. The molecule has 26 heavy (non-hydrogen) atoms. The van der Waals surface area contributed by atoms with Crippen molar-refractivity contribution < 1.29 is 9.18 Å². The molecule has 2 atom stereocenters. The van der Waals surface area contributed by atoms with Crippen molar-refractivity contribution in [3.63, 3.8) is 0 Å². The number of urea groups is 1. The highest BCUT2D eigenvalue weighted by atomic mass is 19.1. The van der Waals surface area contributed by atoms with E-state index in [4.69, 9.17) is 0 Å². The van der Waals surface area contributed by atoms with Crippen LogP contribution in [-0.2, 0) is 0 Å². The van der Waals surface area contributed by atoms with Gasteiger partial charge in [-0.05, 0) is 58.4 Å². The molecule has 0 saturated carbocycles. The number of nitrogens with zero attached hydrogens (tertiary/aromatic N) is 2. The Hall–Kier alpha value is -2.63. The summed E-state index contributed by atoms with van der Waals surface area (Å²) < 4.78 is 15.0. The fourth-order valence-corrected chi connectivity index (χ4v) is 3.52. The summed E-state index contributed by atoms with van der Waals surface area (Å²) in [6, 6.07) is 6.29. The van der Waals surface area contributed by atoms with Gasteiger partial charge in [0.15, 0.2) is 0 Å². The van der Waals surface area contributed by atoms with Gasteiger partial charge < -0.3 is 10.6 Å². The van der Waals surface area contributed by atoms with Crippen molar-refractivity contribution in [2.45, 2.75) is 52.1 Å². The average molecular weight is 356 g/mol. The molecule has 138 valence electrons. The van der Waals surface area contributed by atoms with E-state index in [-0.39, 0.29) is 29.8 Å². The molecule has 2 N–H and O–H groups in total. The summed E-state index contributed by atoms with van der Waals surface area (Å²) in [5.74, 6) is -0.0589. The molecular formula is C20H25FN4O. The van der Waals surface area contributed by atoms with Crippen LogP contribution in [0.5, 0.6) is 0 Å². The van der Waals surface area contributed by atoms with Crippen LogP contribution in [0.3, 0.4) is 0 Å². The fraction of sp³-hybridized carbons (Fsp3) is 0.400. The normalized spacial score (nSPS) is 19.2. The lowest BCUT2D eigenvalue weighted by molar-refractivity contribution is 0.236. The molecule has 0 fully saturated rings. The lowest BCUT2D eigenvalue weighted by Crippen LogP contribution is -2.43. The van der Waals surface area contributed by atoms with E-state index in [0.29, 0.717) is 0 Å². The standard InChI is InChI=1S/C20H25FN4O/c1-12(2)22-20(26)23-17-8-5-15(11-17)19-13(3)24-25(14(19)4)18-9-6-16(21)7-10-18/h5-10,12,15,17H,11H2,1-4H3,(H2,22,23,26)/t15-,17+/m0/s1. The Morgan fingerprint density at radius 3 is 2.58 bits per heavy atom. The number of benzene rings is 1. The number of rotatable bonds is 4. The first kappa shape index (κ1) is 18.2. The number of allylic oxidation sites excluding steroid dienone is 1. The van der Waals surface area contributed by atoms with Crippen LogP contribution in [0.4, 0.5) is 9.18 Å². The van der Waals surface area contributed by atoms with Crippen molar-refractivity contribution in [1.82, 2.24) is 20.4 Å². The summed E-state index contributed by atoms with van der Waals surface area (Å²) in [6.07, 6.45) is 4.98. The first-order valence-electron chi connectivity index (χ1n) is 8.92. The number of nitrogens with one attached hydrogen (secondary N) is 2. The second kappa shape index (κ2) is 7.32. The van der Waals surface area contributed by atoms with E-state index < -0.39 is 0 Å². The zero-order chi connectivity index (χ0) is 18.8. The first-order valence-corrected chi connectivity index (χ1v) is 8.92. The molecule has 0 aliphatic heterocycles. The van der Waals surface area contributed by atoms with Crippen molar-refractivity contribution in [2.75, 3.05) is 0 Å². The van der Waals surface area contributed by atoms with Gasteiger partial charge in [-0.15, -0.1) is 0 Å². The number of aromatic nitrogens is 2. The zero-order valence-electron chi connectivity index (χ0n) is 15.6. The molecule has 1 aromatic carbocycles. The van der Waals surface area contributed by atoms with E-state index >= 15 is 0 Å². The van der Waals surface area contributed by atoms with E-state index in [2.05, 4.69) is 21.8 Å². The fourth-order valence-electron chi connectivity index (χ4n) is 3.52. The lowest BCUT2D eigenvalue weighted by Gasteiger charge is -2.16. The van der Waals surface area contributed by atoms with Crippen LogP contribution < -0.4 is 10.6 Å². The van der Waals surface area contributed by atoms with Crippen LogP contribution in [0.1, 0.15) is 43.1 Å². The maximum absolute atomic E-state index is 13.2. The molecule has 1 aliphatic carbocycles. The third kappa shape index (κ3) is 3.79. The van der Waals surface area contributed by atoms with Gasteiger partial charge >= 0.3 is 6.03 Å². The Morgan fingerprint density at radius 1 is 1.23 bits per heavy atom. The highest BCUT2D eigenvalue weighted by molar-refractivity contribution is 5.74.